The summed E-state index contributed by atoms with van der Waals surface area (Å²) in [4.78, 5) is 13.2. The van der Waals surface area contributed by atoms with E-state index in [0.29, 0.717) is 22.1 Å². The van der Waals surface area contributed by atoms with Crippen LogP contribution in [0.25, 0.3) is 67.5 Å². The van der Waals surface area contributed by atoms with Gasteiger partial charge < -0.3 is 46.8 Å². The first-order valence-corrected chi connectivity index (χ1v) is 16.3. The molecule has 5 heterocycles. The van der Waals surface area contributed by atoms with E-state index in [1.807, 2.05) is 0 Å². The van der Waals surface area contributed by atoms with Gasteiger partial charge in [0.1, 0.15) is 12.2 Å². The number of nitrogens with zero attached hydrogens (tertiary/aromatic N) is 1. The molecule has 1 aliphatic rings. The van der Waals surface area contributed by atoms with Crippen LogP contribution in [0.5, 0.6) is 0 Å². The summed E-state index contributed by atoms with van der Waals surface area (Å²) in [5.41, 5.74) is 4.19. The smallest absolute Gasteiger partial charge is 0.170 e. The zero-order valence-corrected chi connectivity index (χ0v) is 27.8. The van der Waals surface area contributed by atoms with Gasteiger partial charge in [-0.05, 0) is 54.6 Å². The molecule has 1 aliphatic heterocycles. The summed E-state index contributed by atoms with van der Waals surface area (Å²) in [6.07, 6.45) is -2.66. The third-order valence-corrected chi connectivity index (χ3v) is 9.31. The van der Waals surface area contributed by atoms with Crippen molar-refractivity contribution in [2.24, 2.45) is 11.5 Å². The van der Waals surface area contributed by atoms with E-state index in [4.69, 9.17) is 11.5 Å². The number of nitrogens with two attached hydrogens (primary N) is 2. The lowest BCUT2D eigenvalue weighted by Gasteiger charge is -2.20. The maximum Gasteiger partial charge on any atom is 0.170 e. The summed E-state index contributed by atoms with van der Waals surface area (Å²) < 4.78 is 127. The van der Waals surface area contributed by atoms with Crippen molar-refractivity contribution >= 4 is 45.3 Å². The molecule has 0 fully saturated rings. The summed E-state index contributed by atoms with van der Waals surface area (Å²) in [5.74, 6) is -16.3. The lowest BCUT2D eigenvalue weighted by molar-refractivity contribution is 0.101. The minimum atomic E-state index is -2.39. The van der Waals surface area contributed by atoms with E-state index >= 15 is 35.1 Å². The molecule has 18 heteroatoms. The topological polar surface area (TPSA) is 193 Å². The standard InChI is InChI=1S/C37H28F8N6O4/c38-28-24(29(39)33(43)26(32(28)42)36(54)14(46)10-52)22-18-4-2-13(49-18)9-12-1-3-16(48-12)17-5-6-19(50-17)23(21-8-7-20(22)51-21)25-30(40)34(44)27(35(45)31(25)41)37(55)15(47)11-53/h1-9,14-15,36-37,48-50,52-55H,10-11,46-47H2. The summed E-state index contributed by atoms with van der Waals surface area (Å²) in [7, 11) is 0. The van der Waals surface area contributed by atoms with Crippen molar-refractivity contribution in [1.82, 2.24) is 19.9 Å². The highest BCUT2D eigenvalue weighted by Crippen LogP contribution is 2.42. The van der Waals surface area contributed by atoms with Crippen molar-refractivity contribution in [3.63, 3.8) is 0 Å². The Kier molecular flexibility index (Phi) is 9.74. The molecule has 4 atom stereocenters. The van der Waals surface area contributed by atoms with Crippen molar-refractivity contribution in [3.8, 4) is 22.3 Å². The minimum Gasteiger partial charge on any atom is -0.395 e. The third-order valence-electron chi connectivity index (χ3n) is 9.31. The van der Waals surface area contributed by atoms with E-state index < -0.39 is 129 Å². The molecule has 0 amide bonds. The van der Waals surface area contributed by atoms with Crippen molar-refractivity contribution in [1.29, 1.82) is 0 Å². The van der Waals surface area contributed by atoms with E-state index in [1.54, 1.807) is 18.2 Å². The molecule has 4 unspecified atom stereocenters. The molecule has 0 saturated heterocycles. The van der Waals surface area contributed by atoms with E-state index in [0.717, 1.165) is 12.2 Å². The number of hydrogen-bond acceptors (Lipinski definition) is 7. The Balaban J connectivity index is 1.64. The van der Waals surface area contributed by atoms with Crippen molar-refractivity contribution in [2.45, 2.75) is 24.3 Å². The first-order chi connectivity index (χ1) is 26.2. The molecule has 2 aromatic carbocycles. The van der Waals surface area contributed by atoms with Crippen LogP contribution in [-0.4, -0.2) is 65.7 Å². The second-order valence-electron chi connectivity index (χ2n) is 12.7. The van der Waals surface area contributed by atoms with Crippen LogP contribution in [0.4, 0.5) is 35.1 Å². The van der Waals surface area contributed by atoms with Crippen molar-refractivity contribution in [3.05, 3.63) is 112 Å². The fraction of sp³-hybridized carbons (Fsp3) is 0.162. The Morgan fingerprint density at radius 2 is 0.836 bits per heavy atom. The van der Waals surface area contributed by atoms with Gasteiger partial charge in [-0.1, -0.05) is 0 Å². The normalized spacial score (nSPS) is 14.5. The van der Waals surface area contributed by atoms with Gasteiger partial charge in [0.25, 0.3) is 0 Å². The monoisotopic (exact) mass is 772 g/mol. The zero-order chi connectivity index (χ0) is 39.6. The number of halogens is 8. The Bertz CT molecular complexity index is 2620. The average molecular weight is 773 g/mol. The number of hydrogen-bond donors (Lipinski definition) is 9. The van der Waals surface area contributed by atoms with Crippen molar-refractivity contribution < 1.29 is 55.5 Å². The van der Waals surface area contributed by atoms with Crippen LogP contribution in [0, 0.1) is 46.5 Å². The van der Waals surface area contributed by atoms with Crippen LogP contribution in [0.15, 0.2) is 42.5 Å². The molecule has 286 valence electrons. The number of benzene rings is 2. The lowest BCUT2D eigenvalue weighted by Crippen LogP contribution is -2.33. The predicted octanol–water partition coefficient (Wildman–Crippen LogP) is 5.85. The highest BCUT2D eigenvalue weighted by Gasteiger charge is 2.36. The molecule has 8 bridgehead atoms. The summed E-state index contributed by atoms with van der Waals surface area (Å²) in [6, 6.07) is 6.81. The van der Waals surface area contributed by atoms with E-state index in [-0.39, 0.29) is 11.0 Å². The summed E-state index contributed by atoms with van der Waals surface area (Å²) >= 11 is 0. The number of aliphatic hydroxyl groups is 4. The van der Waals surface area contributed by atoms with Gasteiger partial charge in [-0.3, -0.25) is 0 Å². The molecule has 10 nitrogen and oxygen atoms in total. The molecule has 7 rings (SSSR count). The number of aromatic nitrogens is 4. The molecule has 0 aliphatic carbocycles. The van der Waals surface area contributed by atoms with Gasteiger partial charge in [-0.25, -0.2) is 40.1 Å². The van der Waals surface area contributed by atoms with Crippen LogP contribution in [-0.2, 0) is 0 Å². The van der Waals surface area contributed by atoms with E-state index in [1.165, 1.54) is 24.3 Å². The first kappa shape index (κ1) is 37.7. The maximum absolute atomic E-state index is 16.1. The average Bonchev–Trinajstić information content (AvgIpc) is 4.01. The highest BCUT2D eigenvalue weighted by atomic mass is 19.2. The van der Waals surface area contributed by atoms with Gasteiger partial charge in [0.15, 0.2) is 46.5 Å². The lowest BCUT2D eigenvalue weighted by atomic mass is 9.95. The Labute approximate surface area is 303 Å². The van der Waals surface area contributed by atoms with Gasteiger partial charge in [0, 0.05) is 33.2 Å². The Morgan fingerprint density at radius 3 is 1.27 bits per heavy atom. The Morgan fingerprint density at radius 1 is 0.491 bits per heavy atom. The fourth-order valence-corrected chi connectivity index (χ4v) is 6.49. The van der Waals surface area contributed by atoms with Gasteiger partial charge in [-0.15, -0.1) is 0 Å². The molecule has 55 heavy (non-hydrogen) atoms. The number of rotatable bonds is 8. The predicted molar refractivity (Wildman–Crippen MR) is 186 cm³/mol. The first-order valence-electron chi connectivity index (χ1n) is 16.3. The summed E-state index contributed by atoms with van der Waals surface area (Å²) in [6.45, 7) is -2.02. The SMILES string of the molecule is NC(CO)C(O)c1c(F)c(F)c(-c2c3nc(c(-c4c(F)c(F)c(C(O)C(N)CO)c(F)c4F)c4ccc([nH]4)c4ccc(cc5ccc2[nH]5)[nH]4)C=C3)c(F)c1F. The van der Waals surface area contributed by atoms with Crippen LogP contribution in [0.1, 0.15) is 34.7 Å². The Hall–Kier alpha value is -5.63. The second-order valence-corrected chi connectivity index (χ2v) is 12.7. The molecular formula is C37H28F8N6O4. The highest BCUT2D eigenvalue weighted by molar-refractivity contribution is 5.96. The maximum atomic E-state index is 16.1. The van der Waals surface area contributed by atoms with Gasteiger partial charge >= 0.3 is 0 Å². The zero-order valence-electron chi connectivity index (χ0n) is 27.8. The third kappa shape index (κ3) is 6.12. The second kappa shape index (κ2) is 14.2. The van der Waals surface area contributed by atoms with Crippen LogP contribution in [0.3, 0.4) is 0 Å². The van der Waals surface area contributed by atoms with E-state index in [2.05, 4.69) is 19.9 Å². The molecule has 6 aromatic rings. The molecule has 4 aromatic heterocycles. The van der Waals surface area contributed by atoms with Crippen LogP contribution in [0.2, 0.25) is 0 Å². The minimum absolute atomic E-state index is 0.189. The molecule has 0 spiro atoms. The van der Waals surface area contributed by atoms with Gasteiger partial charge in [0.2, 0.25) is 0 Å². The number of aliphatic hydroxyl groups excluding tert-OH is 4. The number of aromatic amines is 3. The van der Waals surface area contributed by atoms with Crippen LogP contribution < -0.4 is 11.5 Å². The number of nitrogens with one attached hydrogen (secondary N) is 3. The molecular weight excluding hydrogens is 744 g/mol. The van der Waals surface area contributed by atoms with E-state index in [9.17, 15) is 20.4 Å². The largest absolute Gasteiger partial charge is 0.395 e. The molecule has 0 saturated carbocycles. The number of H-pyrrole nitrogens is 3. The van der Waals surface area contributed by atoms with Gasteiger partial charge in [0.05, 0.1) is 70.0 Å². The van der Waals surface area contributed by atoms with Gasteiger partial charge in [-0.2, -0.15) is 0 Å². The fourth-order valence-electron chi connectivity index (χ4n) is 6.49. The van der Waals surface area contributed by atoms with Crippen molar-refractivity contribution in [2.75, 3.05) is 13.2 Å². The quantitative estimate of drug-likeness (QED) is 0.0683. The molecule has 0 radical (unpaired) electrons. The molecule has 11 N–H and O–H groups in total. The summed E-state index contributed by atoms with van der Waals surface area (Å²) in [5, 5.41) is 39.3. The van der Waals surface area contributed by atoms with Crippen LogP contribution >= 0.6 is 0 Å². The number of fused-ring (bicyclic) bond motifs is 9.